The van der Waals surface area contributed by atoms with Crippen molar-refractivity contribution in [2.24, 2.45) is 4.99 Å². The first-order valence-electron chi connectivity index (χ1n) is 11.3. The highest BCUT2D eigenvalue weighted by Gasteiger charge is 2.44. The lowest BCUT2D eigenvalue weighted by atomic mass is 9.96. The fraction of sp³-hybridized carbons (Fsp3) is 0.652. The third-order valence-corrected chi connectivity index (χ3v) is 7.26. The Balaban J connectivity index is 1.29. The molecule has 2 heterocycles. The van der Waals surface area contributed by atoms with Crippen molar-refractivity contribution in [3.05, 3.63) is 34.9 Å². The van der Waals surface area contributed by atoms with Gasteiger partial charge in [0.1, 0.15) is 0 Å². The average molecular weight is 432 g/mol. The molecule has 3 fully saturated rings. The molecule has 0 aromatic heterocycles. The summed E-state index contributed by atoms with van der Waals surface area (Å²) in [5.41, 5.74) is 1.50. The summed E-state index contributed by atoms with van der Waals surface area (Å²) in [5, 5.41) is 4.41. The van der Waals surface area contributed by atoms with Crippen LogP contribution in [-0.2, 0) is 10.2 Å². The van der Waals surface area contributed by atoms with Crippen LogP contribution in [0.15, 0.2) is 29.3 Å². The van der Waals surface area contributed by atoms with E-state index in [1.165, 1.54) is 18.4 Å². The van der Waals surface area contributed by atoms with Gasteiger partial charge in [-0.15, -0.1) is 0 Å². The number of carbonyl (C=O) groups excluding carboxylic acids is 1. The van der Waals surface area contributed by atoms with Crippen molar-refractivity contribution < 1.29 is 4.79 Å². The Kier molecular flexibility index (Phi) is 6.54. The van der Waals surface area contributed by atoms with Gasteiger partial charge >= 0.3 is 0 Å². The van der Waals surface area contributed by atoms with E-state index in [2.05, 4.69) is 39.2 Å². The first-order valence-corrected chi connectivity index (χ1v) is 11.6. The van der Waals surface area contributed by atoms with Crippen LogP contribution in [0.1, 0.15) is 38.2 Å². The molecule has 2 aliphatic heterocycles. The summed E-state index contributed by atoms with van der Waals surface area (Å²) in [4.78, 5) is 23.9. The van der Waals surface area contributed by atoms with Crippen molar-refractivity contribution in [1.29, 1.82) is 0 Å². The van der Waals surface area contributed by atoms with Gasteiger partial charge < -0.3 is 15.1 Å². The number of carbonyl (C=O) groups is 1. The number of amides is 1. The highest BCUT2D eigenvalue weighted by molar-refractivity contribution is 6.30. The molecular formula is C23H34ClN5O. The summed E-state index contributed by atoms with van der Waals surface area (Å²) in [6.07, 6.45) is 4.65. The van der Waals surface area contributed by atoms with E-state index in [9.17, 15) is 4.79 Å². The Bertz CT molecular complexity index is 780. The smallest absolute Gasteiger partial charge is 0.239 e. The van der Waals surface area contributed by atoms with Crippen LogP contribution in [0.4, 0.5) is 0 Å². The van der Waals surface area contributed by atoms with Crippen LogP contribution in [0, 0.1) is 0 Å². The predicted octanol–water partition coefficient (Wildman–Crippen LogP) is 2.58. The summed E-state index contributed by atoms with van der Waals surface area (Å²) in [6.45, 7) is 8.35. The number of rotatable bonds is 5. The van der Waals surface area contributed by atoms with Gasteiger partial charge in [0.25, 0.3) is 0 Å². The fourth-order valence-electron chi connectivity index (χ4n) is 4.80. The lowest BCUT2D eigenvalue weighted by Gasteiger charge is -2.39. The molecule has 1 aliphatic carbocycles. The van der Waals surface area contributed by atoms with Crippen molar-refractivity contribution in [3.63, 3.8) is 0 Å². The monoisotopic (exact) mass is 431 g/mol. The van der Waals surface area contributed by atoms with Crippen LogP contribution < -0.4 is 5.32 Å². The lowest BCUT2D eigenvalue weighted by molar-refractivity contribution is -0.135. The van der Waals surface area contributed by atoms with Gasteiger partial charge in [0.05, 0.1) is 6.04 Å². The van der Waals surface area contributed by atoms with Crippen LogP contribution in [0.25, 0.3) is 0 Å². The number of halogens is 1. The normalized spacial score (nSPS) is 22.8. The fourth-order valence-corrected chi connectivity index (χ4v) is 4.99. The zero-order valence-corrected chi connectivity index (χ0v) is 19.0. The Hall–Kier alpha value is -1.79. The zero-order valence-electron chi connectivity index (χ0n) is 18.2. The molecule has 1 saturated carbocycles. The Morgan fingerprint density at radius 3 is 2.43 bits per heavy atom. The molecule has 164 valence electrons. The number of hydrogen-bond acceptors (Lipinski definition) is 3. The topological polar surface area (TPSA) is 51.2 Å². The van der Waals surface area contributed by atoms with Crippen molar-refractivity contribution >= 4 is 23.5 Å². The molecule has 3 aliphatic rings. The quantitative estimate of drug-likeness (QED) is 0.575. The van der Waals surface area contributed by atoms with Crippen LogP contribution in [0.5, 0.6) is 0 Å². The Morgan fingerprint density at radius 2 is 1.83 bits per heavy atom. The molecule has 2 saturated heterocycles. The standard InChI is InChI=1S/C23H34ClN5O/c1-18(21(30)28-10-3-4-11-28)27-12-14-29(15-13-27)22(25-2)26-17-23(8-9-23)19-6-5-7-20(24)16-19/h5-7,16,18H,3-4,8-15,17H2,1-2H3,(H,25,26). The molecule has 30 heavy (non-hydrogen) atoms. The maximum atomic E-state index is 12.7. The summed E-state index contributed by atoms with van der Waals surface area (Å²) in [7, 11) is 1.85. The molecule has 6 nitrogen and oxygen atoms in total. The molecule has 1 aromatic rings. The molecule has 1 atom stereocenters. The summed E-state index contributed by atoms with van der Waals surface area (Å²) in [6, 6.07) is 8.22. The van der Waals surface area contributed by atoms with Gasteiger partial charge in [0.2, 0.25) is 5.91 Å². The summed E-state index contributed by atoms with van der Waals surface area (Å²) in [5.74, 6) is 1.25. The van der Waals surface area contributed by atoms with E-state index in [1.54, 1.807) is 0 Å². The molecule has 1 amide bonds. The van der Waals surface area contributed by atoms with E-state index < -0.39 is 0 Å². The molecule has 4 rings (SSSR count). The number of benzene rings is 1. The molecule has 1 unspecified atom stereocenters. The summed E-state index contributed by atoms with van der Waals surface area (Å²) >= 11 is 6.21. The van der Waals surface area contributed by atoms with Crippen molar-refractivity contribution in [1.82, 2.24) is 20.0 Å². The van der Waals surface area contributed by atoms with E-state index in [0.29, 0.717) is 5.91 Å². The molecular weight excluding hydrogens is 398 g/mol. The number of aliphatic imine (C=N–C) groups is 1. The van der Waals surface area contributed by atoms with Crippen molar-refractivity contribution in [2.75, 3.05) is 52.9 Å². The van der Waals surface area contributed by atoms with Gasteiger partial charge in [-0.1, -0.05) is 23.7 Å². The van der Waals surface area contributed by atoms with Crippen molar-refractivity contribution in [3.8, 4) is 0 Å². The van der Waals surface area contributed by atoms with Gasteiger partial charge in [0.15, 0.2) is 5.96 Å². The van der Waals surface area contributed by atoms with Gasteiger partial charge in [-0.3, -0.25) is 14.7 Å². The van der Waals surface area contributed by atoms with E-state index >= 15 is 0 Å². The molecule has 0 spiro atoms. The second-order valence-electron chi connectivity index (χ2n) is 8.92. The van der Waals surface area contributed by atoms with Crippen molar-refractivity contribution in [2.45, 2.75) is 44.1 Å². The minimum Gasteiger partial charge on any atom is -0.355 e. The predicted molar refractivity (Wildman–Crippen MR) is 122 cm³/mol. The van der Waals surface area contributed by atoms with E-state index in [0.717, 1.165) is 69.6 Å². The Labute approximate surface area is 185 Å². The average Bonchev–Trinajstić information content (AvgIpc) is 3.36. The maximum absolute atomic E-state index is 12.7. The van der Waals surface area contributed by atoms with E-state index in [4.69, 9.17) is 11.6 Å². The van der Waals surface area contributed by atoms with Gasteiger partial charge in [0, 0.05) is 63.3 Å². The summed E-state index contributed by atoms with van der Waals surface area (Å²) < 4.78 is 0. The third kappa shape index (κ3) is 4.59. The van der Waals surface area contributed by atoms with Gasteiger partial charge in [-0.05, 0) is 50.3 Å². The first-order chi connectivity index (χ1) is 14.5. The number of likely N-dealkylation sites (tertiary alicyclic amines) is 1. The number of nitrogens with one attached hydrogen (secondary N) is 1. The Morgan fingerprint density at radius 1 is 1.13 bits per heavy atom. The second-order valence-corrected chi connectivity index (χ2v) is 9.36. The largest absolute Gasteiger partial charge is 0.355 e. The molecule has 7 heteroatoms. The number of hydrogen-bond donors (Lipinski definition) is 1. The molecule has 1 aromatic carbocycles. The van der Waals surface area contributed by atoms with Gasteiger partial charge in [-0.25, -0.2) is 0 Å². The van der Waals surface area contributed by atoms with Gasteiger partial charge in [-0.2, -0.15) is 0 Å². The maximum Gasteiger partial charge on any atom is 0.239 e. The molecule has 0 radical (unpaired) electrons. The minimum absolute atomic E-state index is 0.0298. The lowest BCUT2D eigenvalue weighted by Crippen LogP contribution is -2.57. The molecule has 0 bridgehead atoms. The van der Waals surface area contributed by atoms with E-state index in [-0.39, 0.29) is 11.5 Å². The van der Waals surface area contributed by atoms with Crippen LogP contribution >= 0.6 is 11.6 Å². The zero-order chi connectivity index (χ0) is 21.1. The van der Waals surface area contributed by atoms with Crippen LogP contribution in [0.2, 0.25) is 5.02 Å². The SMILES string of the molecule is CN=C(NCC1(c2cccc(Cl)c2)CC1)N1CCN(C(C)C(=O)N2CCCC2)CC1. The first kappa shape index (κ1) is 21.4. The number of nitrogens with zero attached hydrogens (tertiary/aromatic N) is 4. The molecule has 1 N–H and O–H groups in total. The minimum atomic E-state index is -0.0298. The third-order valence-electron chi connectivity index (χ3n) is 7.02. The van der Waals surface area contributed by atoms with E-state index in [1.807, 2.05) is 24.1 Å². The van der Waals surface area contributed by atoms with Crippen LogP contribution in [-0.4, -0.2) is 85.5 Å². The number of guanidine groups is 1. The number of piperazine rings is 1. The second kappa shape index (κ2) is 9.15. The highest BCUT2D eigenvalue weighted by atomic mass is 35.5. The van der Waals surface area contributed by atoms with Crippen LogP contribution in [0.3, 0.4) is 0 Å². The highest BCUT2D eigenvalue weighted by Crippen LogP contribution is 2.48.